The molecule has 3 heteroatoms. The molecule has 0 radical (unpaired) electrons. The zero-order chi connectivity index (χ0) is 10.1. The summed E-state index contributed by atoms with van der Waals surface area (Å²) in [4.78, 5) is 0. The highest BCUT2D eigenvalue weighted by molar-refractivity contribution is 5.39. The van der Waals surface area contributed by atoms with Crippen molar-refractivity contribution in [2.45, 2.75) is 25.1 Å². The second kappa shape index (κ2) is 3.58. The summed E-state index contributed by atoms with van der Waals surface area (Å²) in [6.45, 7) is 0. The van der Waals surface area contributed by atoms with Crippen LogP contribution in [0, 0.1) is 0 Å². The highest BCUT2D eigenvalue weighted by atomic mass is 19.1. The van der Waals surface area contributed by atoms with Gasteiger partial charge in [0.05, 0.1) is 13.2 Å². The van der Waals surface area contributed by atoms with Crippen LogP contribution in [-0.2, 0) is 6.42 Å². The van der Waals surface area contributed by atoms with E-state index in [9.17, 15) is 4.39 Å². The maximum atomic E-state index is 13.3. The fraction of sp³-hybridized carbons (Fsp3) is 0.455. The van der Waals surface area contributed by atoms with Gasteiger partial charge in [-0.25, -0.2) is 4.39 Å². The monoisotopic (exact) mass is 195 g/mol. The second-order valence-corrected chi connectivity index (χ2v) is 3.65. The Labute approximate surface area is 82.9 Å². The number of benzene rings is 1. The lowest BCUT2D eigenvalue weighted by atomic mass is 9.87. The first-order valence-corrected chi connectivity index (χ1v) is 4.79. The number of nitrogens with two attached hydrogens (primary N) is 1. The molecule has 14 heavy (non-hydrogen) atoms. The number of ether oxygens (including phenoxy) is 1. The number of methoxy groups -OCH3 is 1. The van der Waals surface area contributed by atoms with Crippen LogP contribution < -0.4 is 10.5 Å². The Bertz CT molecular complexity index is 340. The van der Waals surface area contributed by atoms with Crippen molar-refractivity contribution in [2.24, 2.45) is 5.73 Å². The first-order chi connectivity index (χ1) is 6.72. The summed E-state index contributed by atoms with van der Waals surface area (Å²) < 4.78 is 18.4. The molecule has 2 nitrogen and oxygen atoms in total. The molecular formula is C11H14FNO. The van der Waals surface area contributed by atoms with Crippen molar-refractivity contribution < 1.29 is 9.13 Å². The third-order valence-electron chi connectivity index (χ3n) is 2.79. The molecule has 0 fully saturated rings. The summed E-state index contributed by atoms with van der Waals surface area (Å²) in [5, 5.41) is 0. The number of aryl methyl sites for hydroxylation is 1. The van der Waals surface area contributed by atoms with Gasteiger partial charge in [0.2, 0.25) is 0 Å². The normalized spacial score (nSPS) is 25.6. The Morgan fingerprint density at radius 2 is 2.29 bits per heavy atom. The van der Waals surface area contributed by atoms with Crippen LogP contribution in [-0.4, -0.2) is 13.3 Å². The quantitative estimate of drug-likeness (QED) is 0.743. The van der Waals surface area contributed by atoms with Crippen LogP contribution in [0.4, 0.5) is 4.39 Å². The first kappa shape index (κ1) is 9.46. The van der Waals surface area contributed by atoms with Crippen LogP contribution in [0.2, 0.25) is 0 Å². The van der Waals surface area contributed by atoms with Crippen molar-refractivity contribution in [3.8, 4) is 5.75 Å². The second-order valence-electron chi connectivity index (χ2n) is 3.65. The van der Waals surface area contributed by atoms with E-state index in [0.717, 1.165) is 23.3 Å². The molecule has 0 amide bonds. The molecule has 0 saturated carbocycles. The summed E-state index contributed by atoms with van der Waals surface area (Å²) in [5.74, 6) is 0.744. The van der Waals surface area contributed by atoms with Gasteiger partial charge >= 0.3 is 0 Å². The molecule has 1 aliphatic rings. The Kier molecular flexibility index (Phi) is 2.42. The number of hydrogen-bond acceptors (Lipinski definition) is 2. The molecule has 1 aliphatic carbocycles. The number of alkyl halides is 1. The molecule has 2 rings (SSSR count). The molecule has 76 valence electrons. The molecule has 0 aromatic heterocycles. The van der Waals surface area contributed by atoms with Gasteiger partial charge in [-0.1, -0.05) is 6.07 Å². The predicted octanol–water partition coefficient (Wildman–Crippen LogP) is 1.98. The Morgan fingerprint density at radius 3 is 3.00 bits per heavy atom. The molecule has 0 heterocycles. The summed E-state index contributed by atoms with van der Waals surface area (Å²) in [6, 6.07) is 5.21. The van der Waals surface area contributed by atoms with E-state index < -0.39 is 12.2 Å². The smallest absolute Gasteiger partial charge is 0.120 e. The van der Waals surface area contributed by atoms with Crippen LogP contribution in [0.1, 0.15) is 23.6 Å². The van der Waals surface area contributed by atoms with Gasteiger partial charge in [0.15, 0.2) is 0 Å². The average molecular weight is 195 g/mol. The van der Waals surface area contributed by atoms with Crippen LogP contribution >= 0.6 is 0 Å². The van der Waals surface area contributed by atoms with E-state index >= 15 is 0 Å². The standard InChI is InChI=1S/C11H14FNO/c1-14-8-4-2-7-3-5-10(12)11(13)9(7)6-8/h2,4,6,10-11H,3,5,13H2,1H3/t10-,11-/m0/s1. The fourth-order valence-electron chi connectivity index (χ4n) is 1.91. The maximum absolute atomic E-state index is 13.3. The zero-order valence-electron chi connectivity index (χ0n) is 8.16. The van der Waals surface area contributed by atoms with E-state index in [1.165, 1.54) is 0 Å². The number of rotatable bonds is 1. The Hall–Kier alpha value is -1.09. The molecular weight excluding hydrogens is 181 g/mol. The first-order valence-electron chi connectivity index (χ1n) is 4.79. The van der Waals surface area contributed by atoms with Crippen molar-refractivity contribution in [1.29, 1.82) is 0 Å². The Morgan fingerprint density at radius 1 is 1.50 bits per heavy atom. The van der Waals surface area contributed by atoms with Gasteiger partial charge in [0, 0.05) is 0 Å². The van der Waals surface area contributed by atoms with Gasteiger partial charge in [0.1, 0.15) is 11.9 Å². The topological polar surface area (TPSA) is 35.2 Å². The van der Waals surface area contributed by atoms with Crippen LogP contribution in [0.3, 0.4) is 0 Å². The highest BCUT2D eigenvalue weighted by Crippen LogP contribution is 2.32. The number of fused-ring (bicyclic) bond motifs is 1. The highest BCUT2D eigenvalue weighted by Gasteiger charge is 2.26. The molecule has 0 bridgehead atoms. The van der Waals surface area contributed by atoms with E-state index in [1.807, 2.05) is 18.2 Å². The lowest BCUT2D eigenvalue weighted by Gasteiger charge is -2.26. The molecule has 0 saturated heterocycles. The van der Waals surface area contributed by atoms with Gasteiger partial charge in [-0.15, -0.1) is 0 Å². The van der Waals surface area contributed by atoms with Crippen molar-refractivity contribution in [3.05, 3.63) is 29.3 Å². The molecule has 0 spiro atoms. The van der Waals surface area contributed by atoms with Crippen LogP contribution in [0.15, 0.2) is 18.2 Å². The van der Waals surface area contributed by atoms with Crippen molar-refractivity contribution >= 4 is 0 Å². The van der Waals surface area contributed by atoms with E-state index in [2.05, 4.69) is 0 Å². The summed E-state index contributed by atoms with van der Waals surface area (Å²) in [6.07, 6.45) is 0.379. The zero-order valence-corrected chi connectivity index (χ0v) is 8.16. The molecule has 0 unspecified atom stereocenters. The van der Waals surface area contributed by atoms with Crippen LogP contribution in [0.25, 0.3) is 0 Å². The minimum atomic E-state index is -0.922. The van der Waals surface area contributed by atoms with Gasteiger partial charge in [-0.05, 0) is 36.1 Å². The minimum absolute atomic E-state index is 0.492. The molecule has 2 N–H and O–H groups in total. The summed E-state index contributed by atoms with van der Waals surface area (Å²) in [7, 11) is 1.60. The SMILES string of the molecule is COc1ccc2c(c1)[C@H](N)[C@@H](F)CC2. The van der Waals surface area contributed by atoms with Crippen LogP contribution in [0.5, 0.6) is 5.75 Å². The molecule has 0 aliphatic heterocycles. The average Bonchev–Trinajstić information content (AvgIpc) is 2.23. The number of hydrogen-bond donors (Lipinski definition) is 1. The lowest BCUT2D eigenvalue weighted by Crippen LogP contribution is -2.28. The lowest BCUT2D eigenvalue weighted by molar-refractivity contribution is 0.254. The third kappa shape index (κ3) is 1.48. The van der Waals surface area contributed by atoms with Gasteiger partial charge in [-0.3, -0.25) is 0 Å². The molecule has 1 aromatic rings. The maximum Gasteiger partial charge on any atom is 0.120 e. The molecule has 2 atom stereocenters. The predicted molar refractivity (Wildman–Crippen MR) is 53.1 cm³/mol. The summed E-state index contributed by atoms with van der Waals surface area (Å²) >= 11 is 0. The number of halogens is 1. The molecule has 1 aromatic carbocycles. The van der Waals surface area contributed by atoms with Gasteiger partial charge in [-0.2, -0.15) is 0 Å². The van der Waals surface area contributed by atoms with Crippen molar-refractivity contribution in [1.82, 2.24) is 0 Å². The van der Waals surface area contributed by atoms with E-state index in [-0.39, 0.29) is 0 Å². The minimum Gasteiger partial charge on any atom is -0.497 e. The largest absolute Gasteiger partial charge is 0.497 e. The fourth-order valence-corrected chi connectivity index (χ4v) is 1.91. The van der Waals surface area contributed by atoms with E-state index in [4.69, 9.17) is 10.5 Å². The van der Waals surface area contributed by atoms with Gasteiger partial charge in [0.25, 0.3) is 0 Å². The Balaban J connectivity index is 2.41. The third-order valence-corrected chi connectivity index (χ3v) is 2.79. The van der Waals surface area contributed by atoms with Crippen molar-refractivity contribution in [2.75, 3.05) is 7.11 Å². The van der Waals surface area contributed by atoms with E-state index in [0.29, 0.717) is 6.42 Å². The summed E-state index contributed by atoms with van der Waals surface area (Å²) in [5.41, 5.74) is 7.82. The van der Waals surface area contributed by atoms with Crippen molar-refractivity contribution in [3.63, 3.8) is 0 Å². The van der Waals surface area contributed by atoms with E-state index in [1.54, 1.807) is 7.11 Å². The van der Waals surface area contributed by atoms with Gasteiger partial charge < -0.3 is 10.5 Å².